The van der Waals surface area contributed by atoms with E-state index in [9.17, 15) is 0 Å². The number of aryl methyl sites for hydroxylation is 2. The molecule has 0 amide bonds. The summed E-state index contributed by atoms with van der Waals surface area (Å²) >= 11 is 0. The number of fused-ring (bicyclic) bond motifs is 16. The second kappa shape index (κ2) is 10.8. The molecule has 0 saturated heterocycles. The van der Waals surface area contributed by atoms with Crippen molar-refractivity contribution in [2.24, 2.45) is 0 Å². The largest absolute Gasteiger partial charge is 0.309 e. The Balaban J connectivity index is 1.30. The lowest BCUT2D eigenvalue weighted by Gasteiger charge is -2.32. The molecule has 0 aliphatic heterocycles. The fourth-order valence-corrected chi connectivity index (χ4v) is 9.92. The van der Waals surface area contributed by atoms with Crippen molar-refractivity contribution in [3.8, 4) is 22.3 Å². The fourth-order valence-electron chi connectivity index (χ4n) is 9.92. The summed E-state index contributed by atoms with van der Waals surface area (Å²) in [5, 5.41) is 7.65. The highest BCUT2D eigenvalue weighted by atomic mass is 15.1. The van der Waals surface area contributed by atoms with Gasteiger partial charge in [-0.2, -0.15) is 0 Å². The first-order chi connectivity index (χ1) is 25.6. The molecule has 11 rings (SSSR count). The van der Waals surface area contributed by atoms with Crippen molar-refractivity contribution in [3.63, 3.8) is 0 Å². The van der Waals surface area contributed by atoms with E-state index in [-0.39, 0.29) is 0 Å². The average molecular weight is 662 g/mol. The van der Waals surface area contributed by atoms with Crippen LogP contribution in [0.4, 0.5) is 17.1 Å². The van der Waals surface area contributed by atoms with Crippen molar-refractivity contribution >= 4 is 49.4 Å². The molecule has 0 atom stereocenters. The molecule has 9 aromatic rings. The minimum atomic E-state index is -0.412. The molecule has 0 heterocycles. The Kier molecular flexibility index (Phi) is 6.08. The van der Waals surface area contributed by atoms with Gasteiger partial charge < -0.3 is 4.90 Å². The first-order valence-corrected chi connectivity index (χ1v) is 18.3. The van der Waals surface area contributed by atoms with Crippen LogP contribution >= 0.6 is 0 Å². The monoisotopic (exact) mass is 661 g/mol. The number of hydrogen-bond donors (Lipinski definition) is 0. The second-order valence-electron chi connectivity index (χ2n) is 14.6. The number of hydrogen-bond acceptors (Lipinski definition) is 1. The van der Waals surface area contributed by atoms with Gasteiger partial charge in [0.15, 0.2) is 0 Å². The van der Waals surface area contributed by atoms with Gasteiger partial charge in [0, 0.05) is 16.6 Å². The van der Waals surface area contributed by atoms with E-state index in [4.69, 9.17) is 0 Å². The van der Waals surface area contributed by atoms with Gasteiger partial charge >= 0.3 is 0 Å². The minimum absolute atomic E-state index is 0.412. The Morgan fingerprint density at radius 3 is 1.40 bits per heavy atom. The molecule has 1 spiro atoms. The van der Waals surface area contributed by atoms with Gasteiger partial charge in [0.25, 0.3) is 0 Å². The molecule has 1 heteroatoms. The summed E-state index contributed by atoms with van der Waals surface area (Å²) in [5.74, 6) is 0. The summed E-state index contributed by atoms with van der Waals surface area (Å²) in [4.78, 5) is 2.56. The highest BCUT2D eigenvalue weighted by Crippen LogP contribution is 2.64. The van der Waals surface area contributed by atoms with Gasteiger partial charge in [-0.25, -0.2) is 0 Å². The van der Waals surface area contributed by atoms with Crippen molar-refractivity contribution in [1.82, 2.24) is 0 Å². The smallest absolute Gasteiger partial charge is 0.0726 e. The molecule has 52 heavy (non-hydrogen) atoms. The third kappa shape index (κ3) is 3.78. The molecule has 0 aromatic heterocycles. The lowest BCUT2D eigenvalue weighted by Crippen LogP contribution is -2.26. The Morgan fingerprint density at radius 2 is 0.788 bits per heavy atom. The van der Waals surface area contributed by atoms with Crippen LogP contribution in [0.1, 0.15) is 33.4 Å². The van der Waals surface area contributed by atoms with Crippen molar-refractivity contribution < 1.29 is 0 Å². The Labute approximate surface area is 304 Å². The van der Waals surface area contributed by atoms with Crippen LogP contribution in [-0.4, -0.2) is 0 Å². The van der Waals surface area contributed by atoms with Crippen molar-refractivity contribution in [1.29, 1.82) is 0 Å². The zero-order valence-corrected chi connectivity index (χ0v) is 29.2. The number of nitrogens with zero attached hydrogens (tertiary/aromatic N) is 1. The van der Waals surface area contributed by atoms with E-state index in [2.05, 4.69) is 195 Å². The zero-order chi connectivity index (χ0) is 34.6. The second-order valence-corrected chi connectivity index (χ2v) is 14.6. The van der Waals surface area contributed by atoms with Crippen molar-refractivity contribution in [3.05, 3.63) is 209 Å². The van der Waals surface area contributed by atoms with Crippen LogP contribution < -0.4 is 4.90 Å². The van der Waals surface area contributed by atoms with Crippen LogP contribution in [-0.2, 0) is 5.41 Å². The summed E-state index contributed by atoms with van der Waals surface area (Å²) < 4.78 is 0. The van der Waals surface area contributed by atoms with Crippen LogP contribution in [0.5, 0.6) is 0 Å². The van der Waals surface area contributed by atoms with Crippen LogP contribution in [0.15, 0.2) is 176 Å². The van der Waals surface area contributed by atoms with Gasteiger partial charge in [0.05, 0.1) is 16.8 Å². The molecule has 2 aliphatic carbocycles. The molecule has 0 bridgehead atoms. The van der Waals surface area contributed by atoms with Crippen LogP contribution in [0, 0.1) is 13.8 Å². The van der Waals surface area contributed by atoms with Crippen LogP contribution in [0.3, 0.4) is 0 Å². The third-order valence-corrected chi connectivity index (χ3v) is 11.7. The lowest BCUT2D eigenvalue weighted by atomic mass is 9.70. The van der Waals surface area contributed by atoms with Crippen LogP contribution in [0.2, 0.25) is 0 Å². The average Bonchev–Trinajstić information content (AvgIpc) is 3.66. The molecule has 9 aromatic carbocycles. The van der Waals surface area contributed by atoms with Gasteiger partial charge in [-0.15, -0.1) is 0 Å². The van der Waals surface area contributed by atoms with Gasteiger partial charge in [-0.1, -0.05) is 152 Å². The first-order valence-electron chi connectivity index (χ1n) is 18.3. The highest BCUT2D eigenvalue weighted by molar-refractivity contribution is 6.29. The minimum Gasteiger partial charge on any atom is -0.309 e. The van der Waals surface area contributed by atoms with Crippen molar-refractivity contribution in [2.75, 3.05) is 4.90 Å². The molecular formula is C51H35N. The van der Waals surface area contributed by atoms with E-state index in [1.165, 1.54) is 105 Å². The van der Waals surface area contributed by atoms with E-state index >= 15 is 0 Å². The predicted molar refractivity (Wildman–Crippen MR) is 219 cm³/mol. The highest BCUT2D eigenvalue weighted by Gasteiger charge is 2.52. The van der Waals surface area contributed by atoms with E-state index in [1.54, 1.807) is 0 Å². The molecular weight excluding hydrogens is 627 g/mol. The van der Waals surface area contributed by atoms with E-state index in [0.717, 1.165) is 0 Å². The fraction of sp³-hybridized carbons (Fsp3) is 0.0588. The topological polar surface area (TPSA) is 3.24 Å². The summed E-state index contributed by atoms with van der Waals surface area (Å²) in [6.45, 7) is 4.43. The van der Waals surface area contributed by atoms with Gasteiger partial charge in [-0.3, -0.25) is 0 Å². The molecule has 0 radical (unpaired) electrons. The molecule has 0 fully saturated rings. The van der Waals surface area contributed by atoms with Crippen molar-refractivity contribution in [2.45, 2.75) is 19.3 Å². The summed E-state index contributed by atoms with van der Waals surface area (Å²) in [6, 6.07) is 66.0. The van der Waals surface area contributed by atoms with E-state index in [1.807, 2.05) is 0 Å². The third-order valence-electron chi connectivity index (χ3n) is 11.7. The quantitative estimate of drug-likeness (QED) is 0.170. The molecule has 0 unspecified atom stereocenters. The maximum absolute atomic E-state index is 2.56. The Bertz CT molecular complexity index is 2840. The normalized spacial score (nSPS) is 13.3. The Morgan fingerprint density at radius 1 is 0.365 bits per heavy atom. The standard InChI is InChI=1S/C51H35N/c1-32-29-33(2)31-34(30-32)52(47-27-13-22-41-37-16-4-3-15-35(37)36-17-5-6-20-40(36)49(41)47)48-28-14-26-46-50(48)42-21-9-12-25-45(42)51(46)43-23-10-7-18-38(43)39-19-8-11-24-44(39)51/h3-31H,1-2H3. The summed E-state index contributed by atoms with van der Waals surface area (Å²) in [5.41, 5.74) is 16.3. The van der Waals surface area contributed by atoms with Gasteiger partial charge in [0.2, 0.25) is 0 Å². The summed E-state index contributed by atoms with van der Waals surface area (Å²) in [6.07, 6.45) is 0. The number of benzene rings is 9. The molecule has 2 aliphatic rings. The molecule has 244 valence electrons. The first kappa shape index (κ1) is 29.3. The van der Waals surface area contributed by atoms with Gasteiger partial charge in [-0.05, 0) is 115 Å². The Hall–Kier alpha value is -6.44. The number of anilines is 3. The van der Waals surface area contributed by atoms with Crippen LogP contribution in [0.25, 0.3) is 54.6 Å². The van der Waals surface area contributed by atoms with Gasteiger partial charge in [0.1, 0.15) is 0 Å². The maximum Gasteiger partial charge on any atom is 0.0726 e. The molecule has 0 saturated carbocycles. The molecule has 0 N–H and O–H groups in total. The number of rotatable bonds is 3. The zero-order valence-electron chi connectivity index (χ0n) is 29.2. The predicted octanol–water partition coefficient (Wildman–Crippen LogP) is 13.6. The maximum atomic E-state index is 2.56. The molecule has 1 nitrogen and oxygen atoms in total. The summed E-state index contributed by atoms with van der Waals surface area (Å²) in [7, 11) is 0. The SMILES string of the molecule is Cc1cc(C)cc(N(c2cccc3c2-c2ccccc2C32c3ccccc3-c3ccccc32)c2cccc3c4ccccc4c4ccccc4c23)c1. The van der Waals surface area contributed by atoms with E-state index in [0.29, 0.717) is 0 Å². The lowest BCUT2D eigenvalue weighted by molar-refractivity contribution is 0.794. The van der Waals surface area contributed by atoms with E-state index < -0.39 is 5.41 Å².